The number of pyridine rings is 1. The topological polar surface area (TPSA) is 79.6 Å². The monoisotopic (exact) mass is 518 g/mol. The first-order chi connectivity index (χ1) is 17.5. The number of anilines is 2. The van der Waals surface area contributed by atoms with Crippen molar-refractivity contribution in [3.63, 3.8) is 0 Å². The zero-order valence-electron chi connectivity index (χ0n) is 19.4. The molecule has 1 saturated heterocycles. The van der Waals surface area contributed by atoms with Crippen molar-refractivity contribution < 1.29 is 13.9 Å². The average Bonchev–Trinajstić information content (AvgIpc) is 3.51. The van der Waals surface area contributed by atoms with E-state index in [0.717, 1.165) is 28.5 Å². The number of aromatic nitrogens is 1. The molecular formula is C27H23ClN4O3S. The van der Waals surface area contributed by atoms with Crippen LogP contribution >= 0.6 is 23.8 Å². The molecule has 2 N–H and O–H groups in total. The third-order valence-corrected chi connectivity index (χ3v) is 6.48. The van der Waals surface area contributed by atoms with Crippen molar-refractivity contribution in [2.45, 2.75) is 12.1 Å². The molecule has 182 valence electrons. The summed E-state index contributed by atoms with van der Waals surface area (Å²) in [5, 5.41) is 7.05. The van der Waals surface area contributed by atoms with E-state index in [9.17, 15) is 4.79 Å². The maximum Gasteiger partial charge on any atom is 0.250 e. The molecule has 0 radical (unpaired) electrons. The van der Waals surface area contributed by atoms with Gasteiger partial charge in [-0.3, -0.25) is 9.78 Å². The van der Waals surface area contributed by atoms with Gasteiger partial charge in [-0.2, -0.15) is 0 Å². The standard InChI is InChI=1S/C27H23ClN4O3S/c1-34-16-24(33)30-20-11-10-18(15-19(20)28)32-26(25(31-27(32)36)21-9-5-6-14-29-21)23-13-12-22(35-23)17-7-3-2-4-8-17/h2-15,25-26H,16H2,1H3,(H,30,33)(H,31,36)/t25-,26+/m0/s1. The number of hydrogen-bond donors (Lipinski definition) is 2. The third kappa shape index (κ3) is 4.83. The van der Waals surface area contributed by atoms with Crippen molar-refractivity contribution in [1.82, 2.24) is 10.3 Å². The average molecular weight is 519 g/mol. The van der Waals surface area contributed by atoms with Crippen LogP contribution in [0, 0.1) is 0 Å². The number of furan rings is 1. The number of nitrogens with zero attached hydrogens (tertiary/aromatic N) is 2. The summed E-state index contributed by atoms with van der Waals surface area (Å²) in [5.74, 6) is 1.20. The Hall–Kier alpha value is -3.72. The zero-order valence-corrected chi connectivity index (χ0v) is 20.9. The van der Waals surface area contributed by atoms with E-state index in [1.54, 1.807) is 18.3 Å². The molecule has 4 aromatic rings. The molecule has 0 spiro atoms. The molecule has 1 aliphatic heterocycles. The maximum atomic E-state index is 12.0. The summed E-state index contributed by atoms with van der Waals surface area (Å²) in [4.78, 5) is 18.5. The van der Waals surface area contributed by atoms with E-state index in [2.05, 4.69) is 15.6 Å². The Labute approximate surface area is 219 Å². The van der Waals surface area contributed by atoms with Gasteiger partial charge >= 0.3 is 0 Å². The minimum atomic E-state index is -0.324. The number of benzene rings is 2. The number of methoxy groups -OCH3 is 1. The van der Waals surface area contributed by atoms with Crippen LogP contribution < -0.4 is 15.5 Å². The third-order valence-electron chi connectivity index (χ3n) is 5.86. The summed E-state index contributed by atoms with van der Waals surface area (Å²) < 4.78 is 11.2. The first-order valence-electron chi connectivity index (χ1n) is 11.3. The van der Waals surface area contributed by atoms with Crippen molar-refractivity contribution in [1.29, 1.82) is 0 Å². The number of thiocarbonyl (C=S) groups is 1. The lowest BCUT2D eigenvalue weighted by atomic mass is 10.0. The number of rotatable bonds is 7. The van der Waals surface area contributed by atoms with Crippen LogP contribution in [0.15, 0.2) is 89.5 Å². The molecule has 0 unspecified atom stereocenters. The van der Waals surface area contributed by atoms with Crippen molar-refractivity contribution in [2.24, 2.45) is 0 Å². The quantitative estimate of drug-likeness (QED) is 0.301. The van der Waals surface area contributed by atoms with Gasteiger partial charge in [-0.1, -0.05) is 48.0 Å². The van der Waals surface area contributed by atoms with Crippen LogP contribution in [0.25, 0.3) is 11.3 Å². The van der Waals surface area contributed by atoms with Gasteiger partial charge in [-0.15, -0.1) is 0 Å². The van der Waals surface area contributed by atoms with Gasteiger partial charge in [0.15, 0.2) is 5.11 Å². The van der Waals surface area contributed by atoms with Crippen LogP contribution in [0.4, 0.5) is 11.4 Å². The highest BCUT2D eigenvalue weighted by molar-refractivity contribution is 7.80. The number of carbonyl (C=O) groups excluding carboxylic acids is 1. The van der Waals surface area contributed by atoms with Crippen LogP contribution in [0.3, 0.4) is 0 Å². The number of halogens is 1. The van der Waals surface area contributed by atoms with Crippen LogP contribution in [0.5, 0.6) is 0 Å². The molecule has 2 atom stereocenters. The maximum absolute atomic E-state index is 12.0. The predicted molar refractivity (Wildman–Crippen MR) is 144 cm³/mol. The lowest BCUT2D eigenvalue weighted by Crippen LogP contribution is -2.29. The molecule has 3 heterocycles. The number of hydrogen-bond acceptors (Lipinski definition) is 5. The number of amides is 1. The van der Waals surface area contributed by atoms with E-state index in [0.29, 0.717) is 15.8 Å². The normalized spacial score (nSPS) is 17.2. The van der Waals surface area contributed by atoms with Crippen LogP contribution in [-0.2, 0) is 9.53 Å². The second-order valence-electron chi connectivity index (χ2n) is 8.21. The molecule has 2 aromatic carbocycles. The van der Waals surface area contributed by atoms with Crippen molar-refractivity contribution in [3.8, 4) is 11.3 Å². The molecule has 1 amide bonds. The van der Waals surface area contributed by atoms with Crippen LogP contribution in [0.1, 0.15) is 23.5 Å². The fourth-order valence-corrected chi connectivity index (χ4v) is 4.83. The van der Waals surface area contributed by atoms with E-state index >= 15 is 0 Å². The van der Waals surface area contributed by atoms with Crippen LogP contribution in [-0.4, -0.2) is 29.7 Å². The van der Waals surface area contributed by atoms with Crippen molar-refractivity contribution >= 4 is 46.2 Å². The fraction of sp³-hybridized carbons (Fsp3) is 0.148. The highest BCUT2D eigenvalue weighted by Gasteiger charge is 2.42. The first-order valence-corrected chi connectivity index (χ1v) is 12.1. The molecule has 1 aliphatic rings. The van der Waals surface area contributed by atoms with Gasteiger partial charge in [0.2, 0.25) is 5.91 Å². The second kappa shape index (κ2) is 10.5. The Balaban J connectivity index is 1.53. The molecule has 0 bridgehead atoms. The lowest BCUT2D eigenvalue weighted by Gasteiger charge is -2.26. The zero-order chi connectivity index (χ0) is 25.1. The summed E-state index contributed by atoms with van der Waals surface area (Å²) >= 11 is 12.3. The van der Waals surface area contributed by atoms with E-state index in [1.807, 2.05) is 71.6 Å². The van der Waals surface area contributed by atoms with E-state index in [1.165, 1.54) is 7.11 Å². The minimum Gasteiger partial charge on any atom is -0.459 e. The molecule has 36 heavy (non-hydrogen) atoms. The van der Waals surface area contributed by atoms with Gasteiger partial charge in [-0.05, 0) is 54.7 Å². The van der Waals surface area contributed by atoms with Gasteiger partial charge in [-0.25, -0.2) is 0 Å². The van der Waals surface area contributed by atoms with Gasteiger partial charge < -0.3 is 24.7 Å². The number of nitrogens with one attached hydrogen (secondary N) is 2. The van der Waals surface area contributed by atoms with Gasteiger partial charge in [0.25, 0.3) is 0 Å². The molecule has 2 aromatic heterocycles. The Morgan fingerprint density at radius 1 is 1.14 bits per heavy atom. The Morgan fingerprint density at radius 3 is 2.67 bits per heavy atom. The Morgan fingerprint density at radius 2 is 1.94 bits per heavy atom. The van der Waals surface area contributed by atoms with Crippen molar-refractivity contribution in [3.05, 3.63) is 102 Å². The minimum absolute atomic E-state index is 0.0612. The summed E-state index contributed by atoms with van der Waals surface area (Å²) in [6, 6.07) is 24.4. The van der Waals surface area contributed by atoms with Gasteiger partial charge in [0.05, 0.1) is 22.4 Å². The number of ether oxygens (including phenoxy) is 1. The van der Waals surface area contributed by atoms with E-state index in [4.69, 9.17) is 33.0 Å². The van der Waals surface area contributed by atoms with Crippen LogP contribution in [0.2, 0.25) is 5.02 Å². The fourth-order valence-electron chi connectivity index (χ4n) is 4.26. The first kappa shape index (κ1) is 24.0. The van der Waals surface area contributed by atoms with E-state index < -0.39 is 0 Å². The number of carbonyl (C=O) groups is 1. The SMILES string of the molecule is COCC(=O)Nc1ccc(N2C(=S)N[C@@H](c3ccccn3)[C@H]2c2ccc(-c3ccccc3)o2)cc1Cl. The lowest BCUT2D eigenvalue weighted by molar-refractivity contribution is -0.119. The largest absolute Gasteiger partial charge is 0.459 e. The van der Waals surface area contributed by atoms with E-state index in [-0.39, 0.29) is 24.6 Å². The summed E-state index contributed by atoms with van der Waals surface area (Å²) in [6.45, 7) is -0.0612. The molecule has 0 aliphatic carbocycles. The Kier molecular flexibility index (Phi) is 6.99. The predicted octanol–water partition coefficient (Wildman–Crippen LogP) is 5.76. The second-order valence-corrected chi connectivity index (χ2v) is 9.00. The molecule has 9 heteroatoms. The molecule has 0 saturated carbocycles. The smallest absolute Gasteiger partial charge is 0.250 e. The van der Waals surface area contributed by atoms with Gasteiger partial charge in [0.1, 0.15) is 24.2 Å². The molecular weight excluding hydrogens is 496 g/mol. The molecule has 5 rings (SSSR count). The Bertz CT molecular complexity index is 1380. The highest BCUT2D eigenvalue weighted by Crippen LogP contribution is 2.44. The highest BCUT2D eigenvalue weighted by atomic mass is 35.5. The molecule has 1 fully saturated rings. The molecule has 7 nitrogen and oxygen atoms in total. The summed E-state index contributed by atoms with van der Waals surface area (Å²) in [6.07, 6.45) is 1.76. The summed E-state index contributed by atoms with van der Waals surface area (Å²) in [7, 11) is 1.46. The van der Waals surface area contributed by atoms with Gasteiger partial charge in [0, 0.05) is 24.6 Å². The van der Waals surface area contributed by atoms with Crippen molar-refractivity contribution in [2.75, 3.05) is 23.9 Å². The summed E-state index contributed by atoms with van der Waals surface area (Å²) in [5.41, 5.74) is 3.06.